The van der Waals surface area contributed by atoms with Gasteiger partial charge in [-0.1, -0.05) is 12.1 Å². The topological polar surface area (TPSA) is 107 Å². The summed E-state index contributed by atoms with van der Waals surface area (Å²) < 4.78 is 13.1. The fourth-order valence-electron chi connectivity index (χ4n) is 4.22. The van der Waals surface area contributed by atoms with Gasteiger partial charge in [0.15, 0.2) is 5.82 Å². The quantitative estimate of drug-likeness (QED) is 0.481. The predicted octanol–water partition coefficient (Wildman–Crippen LogP) is 4.38. The van der Waals surface area contributed by atoms with Crippen molar-refractivity contribution in [3.8, 4) is 11.6 Å². The lowest BCUT2D eigenvalue weighted by atomic mass is 10.0. The molecule has 9 heteroatoms. The van der Waals surface area contributed by atoms with E-state index in [2.05, 4.69) is 39.6 Å². The van der Waals surface area contributed by atoms with Crippen LogP contribution in [0.15, 0.2) is 47.4 Å². The number of carbonyl (C=O) groups is 1. The van der Waals surface area contributed by atoms with Crippen LogP contribution in [0.3, 0.4) is 0 Å². The van der Waals surface area contributed by atoms with Gasteiger partial charge in [0, 0.05) is 41.2 Å². The lowest BCUT2D eigenvalue weighted by Crippen LogP contribution is -2.33. The van der Waals surface area contributed by atoms with Crippen LogP contribution in [0, 0.1) is 0 Å². The summed E-state index contributed by atoms with van der Waals surface area (Å²) >= 11 is 0. The van der Waals surface area contributed by atoms with Crippen molar-refractivity contribution >= 4 is 22.8 Å². The third-order valence-electron chi connectivity index (χ3n) is 6.56. The Morgan fingerprint density at radius 3 is 3.00 bits per heavy atom. The van der Waals surface area contributed by atoms with Gasteiger partial charge in [0.25, 0.3) is 0 Å². The summed E-state index contributed by atoms with van der Waals surface area (Å²) in [5.74, 6) is 2.47. The SMILES string of the molecule is CC1Cc2c(ncnc2Oc2ccc3c(ccn3C(=O)Nc3cc(C4(C)CC4)on3)c2)CN1. The zero-order valence-electron chi connectivity index (χ0n) is 18.5. The van der Waals surface area contributed by atoms with E-state index in [9.17, 15) is 4.79 Å². The molecular weight excluding hydrogens is 420 g/mol. The highest BCUT2D eigenvalue weighted by Crippen LogP contribution is 2.48. The number of nitrogens with zero attached hydrogens (tertiary/aromatic N) is 4. The molecule has 1 amide bonds. The normalized spacial score (nSPS) is 18.7. The maximum atomic E-state index is 12.8. The number of nitrogens with one attached hydrogen (secondary N) is 2. The van der Waals surface area contributed by atoms with Gasteiger partial charge < -0.3 is 14.6 Å². The predicted molar refractivity (Wildman–Crippen MR) is 122 cm³/mol. The van der Waals surface area contributed by atoms with Gasteiger partial charge in [-0.15, -0.1) is 0 Å². The zero-order valence-corrected chi connectivity index (χ0v) is 18.5. The molecule has 0 bridgehead atoms. The summed E-state index contributed by atoms with van der Waals surface area (Å²) in [6, 6.07) is 9.33. The summed E-state index contributed by atoms with van der Waals surface area (Å²) in [7, 11) is 0. The number of aromatic nitrogens is 4. The number of amides is 1. The number of rotatable bonds is 4. The van der Waals surface area contributed by atoms with Crippen molar-refractivity contribution in [2.45, 2.75) is 51.1 Å². The molecule has 1 fully saturated rings. The smallest absolute Gasteiger partial charge is 0.331 e. The lowest BCUT2D eigenvalue weighted by Gasteiger charge is -2.23. The molecule has 1 aromatic carbocycles. The van der Waals surface area contributed by atoms with Crippen LogP contribution in [0.1, 0.15) is 43.7 Å². The zero-order chi connectivity index (χ0) is 22.6. The number of anilines is 1. The van der Waals surface area contributed by atoms with Gasteiger partial charge in [0.2, 0.25) is 5.88 Å². The number of carbonyl (C=O) groups excluding carboxylic acids is 1. The molecule has 4 aromatic rings. The molecule has 1 atom stereocenters. The van der Waals surface area contributed by atoms with Gasteiger partial charge in [0.1, 0.15) is 17.8 Å². The standard InChI is InChI=1S/C24H24N6O3/c1-14-9-17-18(12-25-14)26-13-27-22(17)32-16-3-4-19-15(10-16)5-8-30(19)23(31)28-21-11-20(33-29-21)24(2)6-7-24/h3-5,8,10-11,13-14,25H,6-7,9,12H2,1-2H3,(H,28,29,31). The van der Waals surface area contributed by atoms with E-state index in [0.717, 1.165) is 47.2 Å². The third kappa shape index (κ3) is 3.64. The Balaban J connectivity index is 1.22. The van der Waals surface area contributed by atoms with Crippen molar-refractivity contribution in [2.75, 3.05) is 5.32 Å². The molecule has 0 spiro atoms. The second kappa shape index (κ2) is 7.41. The van der Waals surface area contributed by atoms with Crippen molar-refractivity contribution < 1.29 is 14.1 Å². The van der Waals surface area contributed by atoms with Gasteiger partial charge in [-0.05, 0) is 50.5 Å². The monoisotopic (exact) mass is 444 g/mol. The molecule has 2 N–H and O–H groups in total. The van der Waals surface area contributed by atoms with E-state index in [-0.39, 0.29) is 11.4 Å². The number of hydrogen-bond donors (Lipinski definition) is 2. The van der Waals surface area contributed by atoms with Crippen molar-refractivity contribution in [3.05, 3.63) is 59.9 Å². The third-order valence-corrected chi connectivity index (χ3v) is 6.56. The molecule has 0 saturated heterocycles. The van der Waals surface area contributed by atoms with Crippen molar-refractivity contribution in [3.63, 3.8) is 0 Å². The van der Waals surface area contributed by atoms with E-state index in [1.807, 2.05) is 24.3 Å². The summed E-state index contributed by atoms with van der Waals surface area (Å²) in [5, 5.41) is 11.1. The molecule has 3 aromatic heterocycles. The minimum atomic E-state index is -0.300. The first-order valence-electron chi connectivity index (χ1n) is 11.1. The molecule has 9 nitrogen and oxygen atoms in total. The molecule has 0 radical (unpaired) electrons. The van der Waals surface area contributed by atoms with E-state index < -0.39 is 0 Å². The molecule has 33 heavy (non-hydrogen) atoms. The van der Waals surface area contributed by atoms with Crippen LogP contribution in [0.5, 0.6) is 11.6 Å². The summed E-state index contributed by atoms with van der Waals surface area (Å²) in [4.78, 5) is 21.6. The Morgan fingerprint density at radius 1 is 1.27 bits per heavy atom. The molecular formula is C24H24N6O3. The Hall–Kier alpha value is -3.72. The highest BCUT2D eigenvalue weighted by Gasteiger charge is 2.43. The van der Waals surface area contributed by atoms with Crippen molar-refractivity contribution in [1.82, 2.24) is 25.0 Å². The molecule has 2 aliphatic rings. The summed E-state index contributed by atoms with van der Waals surface area (Å²) in [6.45, 7) is 4.97. The summed E-state index contributed by atoms with van der Waals surface area (Å²) in [5.41, 5.74) is 2.83. The van der Waals surface area contributed by atoms with Crippen LogP contribution in [0.4, 0.5) is 10.6 Å². The first-order valence-corrected chi connectivity index (χ1v) is 11.1. The van der Waals surface area contributed by atoms with E-state index >= 15 is 0 Å². The number of fused-ring (bicyclic) bond motifs is 2. The van der Waals surface area contributed by atoms with Gasteiger partial charge in [-0.3, -0.25) is 9.88 Å². The Bertz CT molecular complexity index is 1370. The van der Waals surface area contributed by atoms with E-state index in [4.69, 9.17) is 9.26 Å². The fourth-order valence-corrected chi connectivity index (χ4v) is 4.22. The second-order valence-corrected chi connectivity index (χ2v) is 9.17. The lowest BCUT2D eigenvalue weighted by molar-refractivity contribution is 0.254. The maximum absolute atomic E-state index is 12.8. The minimum absolute atomic E-state index is 0.0595. The number of hydrogen-bond acceptors (Lipinski definition) is 7. The molecule has 1 aliphatic heterocycles. The van der Waals surface area contributed by atoms with E-state index in [0.29, 0.717) is 30.0 Å². The van der Waals surface area contributed by atoms with Crippen LogP contribution >= 0.6 is 0 Å². The van der Waals surface area contributed by atoms with Gasteiger partial charge in [0.05, 0.1) is 11.2 Å². The Labute approximate surface area is 190 Å². The highest BCUT2D eigenvalue weighted by molar-refractivity contribution is 5.98. The van der Waals surface area contributed by atoms with Crippen LogP contribution in [0.2, 0.25) is 0 Å². The first kappa shape index (κ1) is 19.9. The molecule has 4 heterocycles. The average molecular weight is 444 g/mol. The molecule has 1 aliphatic carbocycles. The maximum Gasteiger partial charge on any atom is 0.331 e. The largest absolute Gasteiger partial charge is 0.439 e. The van der Waals surface area contributed by atoms with Gasteiger partial charge in [-0.25, -0.2) is 14.8 Å². The molecule has 168 valence electrons. The first-order chi connectivity index (χ1) is 16.0. The highest BCUT2D eigenvalue weighted by atomic mass is 16.5. The minimum Gasteiger partial charge on any atom is -0.439 e. The van der Waals surface area contributed by atoms with Crippen molar-refractivity contribution in [1.29, 1.82) is 0 Å². The van der Waals surface area contributed by atoms with E-state index in [1.54, 1.807) is 16.8 Å². The van der Waals surface area contributed by atoms with Crippen molar-refractivity contribution in [2.24, 2.45) is 0 Å². The molecule has 1 saturated carbocycles. The summed E-state index contributed by atoms with van der Waals surface area (Å²) in [6.07, 6.45) is 6.23. The van der Waals surface area contributed by atoms with Crippen LogP contribution in [0.25, 0.3) is 10.9 Å². The average Bonchev–Trinajstić information content (AvgIpc) is 3.20. The number of benzene rings is 1. The molecule has 6 rings (SSSR count). The van der Waals surface area contributed by atoms with Crippen LogP contribution < -0.4 is 15.4 Å². The van der Waals surface area contributed by atoms with Gasteiger partial charge in [-0.2, -0.15) is 0 Å². The Kier molecular flexibility index (Phi) is 4.48. The fraction of sp³-hybridized carbons (Fsp3) is 0.333. The van der Waals surface area contributed by atoms with E-state index in [1.165, 1.54) is 6.33 Å². The van der Waals surface area contributed by atoms with Crippen LogP contribution in [-0.2, 0) is 18.4 Å². The Morgan fingerprint density at radius 2 is 2.15 bits per heavy atom. The number of ether oxygens (including phenoxy) is 1. The van der Waals surface area contributed by atoms with Gasteiger partial charge >= 0.3 is 6.03 Å². The molecule has 1 unspecified atom stereocenters. The van der Waals surface area contributed by atoms with Crippen LogP contribution in [-0.4, -0.2) is 31.8 Å². The second-order valence-electron chi connectivity index (χ2n) is 9.17.